The lowest BCUT2D eigenvalue weighted by Gasteiger charge is -2.38. The highest BCUT2D eigenvalue weighted by atomic mass is 16.6. The van der Waals surface area contributed by atoms with Gasteiger partial charge in [-0.05, 0) is 73.3 Å². The van der Waals surface area contributed by atoms with Gasteiger partial charge < -0.3 is 9.47 Å². The van der Waals surface area contributed by atoms with Gasteiger partial charge in [-0.2, -0.15) is 0 Å². The maximum atomic E-state index is 13.0. The molecule has 0 heterocycles. The SMILES string of the molecule is C[C@@H]1C[C@H](OC(=O)c2ccccc2C(=O)O[C@H]2C[C@H](C)CC(C)(C)C2)CC(C)(C)C1. The third-order valence-electron chi connectivity index (χ3n) is 6.61. The van der Waals surface area contributed by atoms with Crippen molar-refractivity contribution in [2.45, 2.75) is 92.3 Å². The summed E-state index contributed by atoms with van der Waals surface area (Å²) in [6, 6.07) is 6.88. The van der Waals surface area contributed by atoms with Gasteiger partial charge in [-0.15, -0.1) is 0 Å². The predicted molar refractivity (Wildman–Crippen MR) is 118 cm³/mol. The monoisotopic (exact) mass is 414 g/mol. The molecule has 2 saturated carbocycles. The van der Waals surface area contributed by atoms with Crippen LogP contribution in [0.25, 0.3) is 0 Å². The van der Waals surface area contributed by atoms with Crippen molar-refractivity contribution >= 4 is 11.9 Å². The van der Waals surface area contributed by atoms with Gasteiger partial charge in [0, 0.05) is 0 Å². The highest BCUT2D eigenvalue weighted by Gasteiger charge is 2.36. The highest BCUT2D eigenvalue weighted by molar-refractivity contribution is 6.03. The van der Waals surface area contributed by atoms with Gasteiger partial charge in [-0.3, -0.25) is 0 Å². The molecule has 3 rings (SSSR count). The lowest BCUT2D eigenvalue weighted by atomic mass is 9.71. The first-order valence-electron chi connectivity index (χ1n) is 11.5. The van der Waals surface area contributed by atoms with Crippen LogP contribution in [0, 0.1) is 22.7 Å². The Morgan fingerprint density at radius 3 is 1.43 bits per heavy atom. The fraction of sp³-hybridized carbons (Fsp3) is 0.692. The summed E-state index contributed by atoms with van der Waals surface area (Å²) in [5, 5.41) is 0. The minimum Gasteiger partial charge on any atom is -0.459 e. The van der Waals surface area contributed by atoms with Crippen molar-refractivity contribution < 1.29 is 19.1 Å². The predicted octanol–water partition coefficient (Wildman–Crippen LogP) is 6.43. The van der Waals surface area contributed by atoms with Crippen LogP contribution in [0.4, 0.5) is 0 Å². The van der Waals surface area contributed by atoms with Crippen LogP contribution in [0.3, 0.4) is 0 Å². The molecule has 1 aromatic carbocycles. The Morgan fingerprint density at radius 1 is 0.733 bits per heavy atom. The molecule has 2 aliphatic rings. The molecule has 0 aliphatic heterocycles. The Hall–Kier alpha value is -1.84. The Balaban J connectivity index is 1.70. The van der Waals surface area contributed by atoms with E-state index in [4.69, 9.17) is 9.47 Å². The van der Waals surface area contributed by atoms with E-state index in [1.807, 2.05) is 0 Å². The number of rotatable bonds is 4. The topological polar surface area (TPSA) is 52.6 Å². The standard InChI is InChI=1S/C26H38O4/c1-17-11-19(15-25(3,4)13-17)29-23(27)21-9-7-8-10-22(21)24(28)30-20-12-18(2)14-26(5,6)16-20/h7-10,17-20H,11-16H2,1-6H3/t17-,18+,19-,20-/m0/s1. The van der Waals surface area contributed by atoms with Crippen molar-refractivity contribution in [2.24, 2.45) is 22.7 Å². The van der Waals surface area contributed by atoms with Gasteiger partial charge in [0.25, 0.3) is 0 Å². The van der Waals surface area contributed by atoms with Crippen LogP contribution in [-0.2, 0) is 9.47 Å². The Labute approximate surface area is 181 Å². The number of esters is 2. The quantitative estimate of drug-likeness (QED) is 0.533. The van der Waals surface area contributed by atoms with E-state index >= 15 is 0 Å². The highest BCUT2D eigenvalue weighted by Crippen LogP contribution is 2.41. The lowest BCUT2D eigenvalue weighted by molar-refractivity contribution is -0.0112. The van der Waals surface area contributed by atoms with Crippen molar-refractivity contribution in [1.29, 1.82) is 0 Å². The summed E-state index contributed by atoms with van der Waals surface area (Å²) in [5.41, 5.74) is 0.931. The third kappa shape index (κ3) is 5.86. The van der Waals surface area contributed by atoms with Crippen LogP contribution in [0.1, 0.15) is 101 Å². The summed E-state index contributed by atoms with van der Waals surface area (Å²) in [5.74, 6) is 0.191. The molecule has 0 aromatic heterocycles. The normalized spacial score (nSPS) is 30.3. The first-order chi connectivity index (χ1) is 13.9. The van der Waals surface area contributed by atoms with Crippen molar-refractivity contribution in [1.82, 2.24) is 0 Å². The Kier molecular flexibility index (Phi) is 6.64. The molecule has 0 N–H and O–H groups in total. The average molecular weight is 415 g/mol. The van der Waals surface area contributed by atoms with E-state index in [9.17, 15) is 9.59 Å². The molecule has 0 bridgehead atoms. The van der Waals surface area contributed by atoms with E-state index in [2.05, 4.69) is 41.5 Å². The molecule has 0 amide bonds. The van der Waals surface area contributed by atoms with E-state index in [0.717, 1.165) is 38.5 Å². The molecule has 0 spiro atoms. The van der Waals surface area contributed by atoms with E-state index in [1.165, 1.54) is 0 Å². The molecule has 4 heteroatoms. The molecule has 166 valence electrons. The van der Waals surface area contributed by atoms with Crippen molar-refractivity contribution in [2.75, 3.05) is 0 Å². The molecule has 0 saturated heterocycles. The Morgan fingerprint density at radius 2 is 1.10 bits per heavy atom. The minimum absolute atomic E-state index is 0.111. The largest absolute Gasteiger partial charge is 0.459 e. The van der Waals surface area contributed by atoms with E-state index in [1.54, 1.807) is 24.3 Å². The summed E-state index contributed by atoms with van der Waals surface area (Å²) in [6.45, 7) is 13.3. The molecule has 2 fully saturated rings. The van der Waals surface area contributed by atoms with Gasteiger partial charge in [0.1, 0.15) is 12.2 Å². The number of benzene rings is 1. The molecule has 30 heavy (non-hydrogen) atoms. The van der Waals surface area contributed by atoms with E-state index < -0.39 is 11.9 Å². The van der Waals surface area contributed by atoms with Crippen LogP contribution >= 0.6 is 0 Å². The van der Waals surface area contributed by atoms with Crippen LogP contribution < -0.4 is 0 Å². The average Bonchev–Trinajstić information content (AvgIpc) is 2.58. The Bertz CT molecular complexity index is 714. The first kappa shape index (κ1) is 22.8. The first-order valence-corrected chi connectivity index (χ1v) is 11.5. The molecule has 4 atom stereocenters. The lowest BCUT2D eigenvalue weighted by Crippen LogP contribution is -2.35. The maximum Gasteiger partial charge on any atom is 0.339 e. The van der Waals surface area contributed by atoms with Gasteiger partial charge >= 0.3 is 11.9 Å². The zero-order chi connectivity index (χ0) is 22.1. The van der Waals surface area contributed by atoms with Gasteiger partial charge in [0.05, 0.1) is 11.1 Å². The number of hydrogen-bond donors (Lipinski definition) is 0. The molecule has 1 aromatic rings. The molecular weight excluding hydrogens is 376 g/mol. The van der Waals surface area contributed by atoms with Gasteiger partial charge in [0.15, 0.2) is 0 Å². The summed E-state index contributed by atoms with van der Waals surface area (Å²) >= 11 is 0. The van der Waals surface area contributed by atoms with Crippen LogP contribution in [0.5, 0.6) is 0 Å². The molecule has 0 unspecified atom stereocenters. The maximum absolute atomic E-state index is 13.0. The van der Waals surface area contributed by atoms with Crippen LogP contribution in [-0.4, -0.2) is 24.1 Å². The fourth-order valence-corrected chi connectivity index (χ4v) is 5.97. The third-order valence-corrected chi connectivity index (χ3v) is 6.61. The fourth-order valence-electron chi connectivity index (χ4n) is 5.97. The molecule has 0 radical (unpaired) electrons. The number of ether oxygens (including phenoxy) is 2. The van der Waals surface area contributed by atoms with E-state index in [-0.39, 0.29) is 23.0 Å². The zero-order valence-electron chi connectivity index (χ0n) is 19.5. The molecule has 2 aliphatic carbocycles. The van der Waals surface area contributed by atoms with Gasteiger partial charge in [0.2, 0.25) is 0 Å². The van der Waals surface area contributed by atoms with Gasteiger partial charge in [-0.1, -0.05) is 53.7 Å². The summed E-state index contributed by atoms with van der Waals surface area (Å²) < 4.78 is 11.7. The smallest absolute Gasteiger partial charge is 0.339 e. The molecule has 4 nitrogen and oxygen atoms in total. The second-order valence-corrected chi connectivity index (χ2v) is 11.4. The number of hydrogen-bond acceptors (Lipinski definition) is 4. The van der Waals surface area contributed by atoms with Crippen molar-refractivity contribution in [3.05, 3.63) is 35.4 Å². The van der Waals surface area contributed by atoms with Crippen LogP contribution in [0.2, 0.25) is 0 Å². The second-order valence-electron chi connectivity index (χ2n) is 11.4. The zero-order valence-corrected chi connectivity index (χ0v) is 19.5. The van der Waals surface area contributed by atoms with Gasteiger partial charge in [-0.25, -0.2) is 9.59 Å². The van der Waals surface area contributed by atoms with Crippen molar-refractivity contribution in [3.8, 4) is 0 Å². The summed E-state index contributed by atoms with van der Waals surface area (Å²) in [4.78, 5) is 25.9. The second kappa shape index (κ2) is 8.72. The molecular formula is C26H38O4. The van der Waals surface area contributed by atoms with Crippen LogP contribution in [0.15, 0.2) is 24.3 Å². The van der Waals surface area contributed by atoms with E-state index in [0.29, 0.717) is 23.0 Å². The number of carbonyl (C=O) groups excluding carboxylic acids is 2. The number of carbonyl (C=O) groups is 2. The van der Waals surface area contributed by atoms with Crippen molar-refractivity contribution in [3.63, 3.8) is 0 Å². The summed E-state index contributed by atoms with van der Waals surface area (Å²) in [7, 11) is 0. The minimum atomic E-state index is -0.421. The summed E-state index contributed by atoms with van der Waals surface area (Å²) in [6.07, 6.45) is 5.50.